The summed E-state index contributed by atoms with van der Waals surface area (Å²) in [6.45, 7) is 6.14. The Morgan fingerprint density at radius 2 is 1.48 bits per heavy atom. The number of aliphatic imine (C=N–C) groups is 1. The van der Waals surface area contributed by atoms with E-state index in [1.807, 2.05) is 13.8 Å². The van der Waals surface area contributed by atoms with Gasteiger partial charge in [0.25, 0.3) is 0 Å². The predicted octanol–water partition coefficient (Wildman–Crippen LogP) is -1.78. The lowest BCUT2D eigenvalue weighted by molar-refractivity contribution is -0.133. The number of aldehydes is 1. The van der Waals surface area contributed by atoms with E-state index in [1.165, 1.54) is 6.92 Å². The highest BCUT2D eigenvalue weighted by molar-refractivity contribution is 5.93. The number of guanidine groups is 1. The molecule has 0 saturated heterocycles. The van der Waals surface area contributed by atoms with Gasteiger partial charge >= 0.3 is 0 Å². The van der Waals surface area contributed by atoms with Crippen LogP contribution in [-0.2, 0) is 19.2 Å². The Labute approximate surface area is 196 Å². The molecule has 33 heavy (non-hydrogen) atoms. The van der Waals surface area contributed by atoms with Gasteiger partial charge in [0.2, 0.25) is 17.7 Å². The van der Waals surface area contributed by atoms with E-state index >= 15 is 0 Å². The molecule has 11 N–H and O–H groups in total. The van der Waals surface area contributed by atoms with Crippen molar-refractivity contribution in [2.24, 2.45) is 33.8 Å². The third kappa shape index (κ3) is 14.1. The molecule has 0 aliphatic heterocycles. The van der Waals surface area contributed by atoms with Crippen molar-refractivity contribution in [1.29, 1.82) is 0 Å². The molecular formula is C21H42N8O4. The number of hydrogen-bond acceptors (Lipinski definition) is 7. The van der Waals surface area contributed by atoms with Crippen LogP contribution in [0.1, 0.15) is 59.3 Å². The first kappa shape index (κ1) is 30.3. The van der Waals surface area contributed by atoms with Crippen molar-refractivity contribution >= 4 is 30.0 Å². The van der Waals surface area contributed by atoms with Crippen molar-refractivity contribution in [2.45, 2.75) is 83.5 Å². The first-order valence-corrected chi connectivity index (χ1v) is 11.4. The first-order chi connectivity index (χ1) is 15.5. The van der Waals surface area contributed by atoms with Crippen molar-refractivity contribution in [3.8, 4) is 0 Å². The number of hydrogen-bond donors (Lipinski definition) is 7. The summed E-state index contributed by atoms with van der Waals surface area (Å²) < 4.78 is 0. The van der Waals surface area contributed by atoms with E-state index < -0.39 is 41.9 Å². The van der Waals surface area contributed by atoms with Crippen LogP contribution in [0.5, 0.6) is 0 Å². The lowest BCUT2D eigenvalue weighted by Gasteiger charge is -2.25. The largest absolute Gasteiger partial charge is 0.370 e. The molecule has 0 spiro atoms. The minimum Gasteiger partial charge on any atom is -0.370 e. The van der Waals surface area contributed by atoms with Crippen molar-refractivity contribution in [3.63, 3.8) is 0 Å². The van der Waals surface area contributed by atoms with Crippen LogP contribution >= 0.6 is 0 Å². The topological polar surface area (TPSA) is 221 Å². The third-order valence-electron chi connectivity index (χ3n) is 4.79. The summed E-state index contributed by atoms with van der Waals surface area (Å²) >= 11 is 0. The van der Waals surface area contributed by atoms with Crippen LogP contribution < -0.4 is 38.9 Å². The zero-order valence-corrected chi connectivity index (χ0v) is 20.0. The molecule has 0 rings (SSSR count). The van der Waals surface area contributed by atoms with Gasteiger partial charge in [0.05, 0.1) is 12.1 Å². The molecule has 0 aromatic carbocycles. The van der Waals surface area contributed by atoms with Gasteiger partial charge < -0.3 is 43.7 Å². The summed E-state index contributed by atoms with van der Waals surface area (Å²) in [6, 6.07) is -3.24. The van der Waals surface area contributed by atoms with Crippen LogP contribution in [-0.4, -0.2) is 67.2 Å². The number of nitrogens with zero attached hydrogens (tertiary/aromatic N) is 1. The summed E-state index contributed by atoms with van der Waals surface area (Å²) in [6.07, 6.45) is 3.46. The molecule has 0 fully saturated rings. The molecule has 0 aliphatic carbocycles. The molecule has 12 heteroatoms. The van der Waals surface area contributed by atoms with Crippen LogP contribution in [0.3, 0.4) is 0 Å². The van der Waals surface area contributed by atoms with Crippen molar-refractivity contribution in [1.82, 2.24) is 16.0 Å². The molecule has 12 nitrogen and oxygen atoms in total. The Hall–Kier alpha value is -2.73. The van der Waals surface area contributed by atoms with E-state index in [9.17, 15) is 19.2 Å². The second-order valence-corrected chi connectivity index (χ2v) is 8.53. The second-order valence-electron chi connectivity index (χ2n) is 8.53. The summed E-state index contributed by atoms with van der Waals surface area (Å²) in [5.74, 6) is -1.36. The van der Waals surface area contributed by atoms with E-state index in [2.05, 4.69) is 20.9 Å². The van der Waals surface area contributed by atoms with Gasteiger partial charge in [-0.05, 0) is 57.9 Å². The van der Waals surface area contributed by atoms with Gasteiger partial charge in [-0.25, -0.2) is 0 Å². The van der Waals surface area contributed by atoms with Gasteiger partial charge in [-0.2, -0.15) is 0 Å². The smallest absolute Gasteiger partial charge is 0.243 e. The maximum Gasteiger partial charge on any atom is 0.243 e. The molecule has 0 heterocycles. The molecule has 3 amide bonds. The molecule has 0 aromatic heterocycles. The van der Waals surface area contributed by atoms with Gasteiger partial charge in [0.15, 0.2) is 5.96 Å². The number of rotatable bonds is 17. The number of unbranched alkanes of at least 4 members (excludes halogenated alkanes) is 1. The molecule has 0 saturated carbocycles. The van der Waals surface area contributed by atoms with Crippen LogP contribution in [0, 0.1) is 5.92 Å². The van der Waals surface area contributed by atoms with Crippen LogP contribution in [0.25, 0.3) is 0 Å². The predicted molar refractivity (Wildman–Crippen MR) is 128 cm³/mol. The first-order valence-electron chi connectivity index (χ1n) is 11.4. The summed E-state index contributed by atoms with van der Waals surface area (Å²) in [5, 5.41) is 8.01. The maximum atomic E-state index is 12.9. The highest BCUT2D eigenvalue weighted by Gasteiger charge is 2.28. The fourth-order valence-corrected chi connectivity index (χ4v) is 3.02. The summed E-state index contributed by atoms with van der Waals surface area (Å²) in [4.78, 5) is 53.1. The molecule has 4 atom stereocenters. The van der Waals surface area contributed by atoms with Gasteiger partial charge in [-0.15, -0.1) is 0 Å². The highest BCUT2D eigenvalue weighted by Crippen LogP contribution is 2.08. The lowest BCUT2D eigenvalue weighted by atomic mass is 10.0. The number of nitrogens with one attached hydrogen (secondary N) is 3. The SMILES string of the molecule is CC(C)C[C@H](NC(=O)[C@H](C)N)C(=O)N[C@@H](CCCCN)C(=O)N[C@H](C=O)CCCN=C(N)N. The Bertz CT molecular complexity index is 650. The minimum atomic E-state index is -0.883. The average Bonchev–Trinajstić information content (AvgIpc) is 2.73. The zero-order chi connectivity index (χ0) is 25.4. The van der Waals surface area contributed by atoms with E-state index in [-0.39, 0.29) is 11.9 Å². The van der Waals surface area contributed by atoms with E-state index in [4.69, 9.17) is 22.9 Å². The van der Waals surface area contributed by atoms with Crippen molar-refractivity contribution < 1.29 is 19.2 Å². The standard InChI is InChI=1S/C21H42N8O4/c1-13(2)11-17(29-18(31)14(3)23)20(33)28-16(8-4-5-9-22)19(32)27-15(12-30)7-6-10-26-21(24)25/h12-17H,4-11,22-23H2,1-3H3,(H,27,32)(H,28,33)(H,29,31)(H4,24,25,26)/t14-,15-,16-,17-/m0/s1. The summed E-state index contributed by atoms with van der Waals surface area (Å²) in [5.41, 5.74) is 21.7. The van der Waals surface area contributed by atoms with E-state index in [1.54, 1.807) is 0 Å². The summed E-state index contributed by atoms with van der Waals surface area (Å²) in [7, 11) is 0. The fourth-order valence-electron chi connectivity index (χ4n) is 3.02. The van der Waals surface area contributed by atoms with Crippen LogP contribution in [0.15, 0.2) is 4.99 Å². The molecule has 0 bridgehead atoms. The van der Waals surface area contributed by atoms with E-state index in [0.717, 1.165) is 0 Å². The Morgan fingerprint density at radius 1 is 0.879 bits per heavy atom. The molecular weight excluding hydrogens is 428 g/mol. The highest BCUT2D eigenvalue weighted by atomic mass is 16.2. The number of amides is 3. The van der Waals surface area contributed by atoms with Gasteiger partial charge in [0.1, 0.15) is 18.4 Å². The third-order valence-corrected chi connectivity index (χ3v) is 4.79. The monoisotopic (exact) mass is 470 g/mol. The van der Waals surface area contributed by atoms with E-state index in [0.29, 0.717) is 57.9 Å². The van der Waals surface area contributed by atoms with Crippen molar-refractivity contribution in [3.05, 3.63) is 0 Å². The van der Waals surface area contributed by atoms with Gasteiger partial charge in [-0.1, -0.05) is 13.8 Å². The zero-order valence-electron chi connectivity index (χ0n) is 20.0. The molecule has 0 aliphatic rings. The van der Waals surface area contributed by atoms with Crippen molar-refractivity contribution in [2.75, 3.05) is 13.1 Å². The van der Waals surface area contributed by atoms with Gasteiger partial charge in [0, 0.05) is 6.54 Å². The Morgan fingerprint density at radius 3 is 2.00 bits per heavy atom. The molecule has 0 radical (unpaired) electrons. The quantitative estimate of drug-likeness (QED) is 0.0555. The normalized spacial score (nSPS) is 14.5. The Balaban J connectivity index is 5.26. The Kier molecular flexibility index (Phi) is 15.4. The second kappa shape index (κ2) is 16.8. The van der Waals surface area contributed by atoms with Crippen LogP contribution in [0.2, 0.25) is 0 Å². The minimum absolute atomic E-state index is 0.0450. The fraction of sp³-hybridized carbons (Fsp3) is 0.762. The van der Waals surface area contributed by atoms with Crippen LogP contribution in [0.4, 0.5) is 0 Å². The number of carbonyl (C=O) groups is 4. The number of carbonyl (C=O) groups excluding carboxylic acids is 4. The average molecular weight is 471 g/mol. The molecule has 0 unspecified atom stereocenters. The maximum absolute atomic E-state index is 12.9. The molecule has 190 valence electrons. The van der Waals surface area contributed by atoms with Gasteiger partial charge in [-0.3, -0.25) is 19.4 Å². The lowest BCUT2D eigenvalue weighted by Crippen LogP contribution is -2.56. The number of nitrogens with two attached hydrogens (primary N) is 4. The molecule has 0 aromatic rings.